The number of aryl methyl sites for hydroxylation is 2. The topological polar surface area (TPSA) is 40.2 Å². The van der Waals surface area contributed by atoms with Crippen molar-refractivity contribution in [2.24, 2.45) is 0 Å². The molecule has 0 saturated heterocycles. The number of hydrogen-bond donors (Lipinski definition) is 0. The van der Waals surface area contributed by atoms with E-state index in [1.807, 2.05) is 0 Å². The van der Waals surface area contributed by atoms with Crippen LogP contribution in [0.3, 0.4) is 0 Å². The first-order valence-corrected chi connectivity index (χ1v) is 17.0. The van der Waals surface area contributed by atoms with Gasteiger partial charge in [0.15, 0.2) is 21.8 Å². The van der Waals surface area contributed by atoms with E-state index in [1.165, 1.54) is 16.3 Å². The van der Waals surface area contributed by atoms with Crippen LogP contribution < -0.4 is 19.2 Å². The second-order valence-electron chi connectivity index (χ2n) is 13.1. The van der Waals surface area contributed by atoms with Crippen molar-refractivity contribution >= 4 is 24.8 Å². The van der Waals surface area contributed by atoms with Crippen molar-refractivity contribution in [3.05, 3.63) is 76.9 Å². The molecule has 0 aliphatic rings. The highest BCUT2D eigenvalue weighted by atomic mass is 28.3. The summed E-state index contributed by atoms with van der Waals surface area (Å²) in [6.07, 6.45) is 0. The molecule has 0 amide bonds. The Kier molecular flexibility index (Phi) is 9.81. The average molecular weight is 564 g/mol. The first-order valence-electron chi connectivity index (χ1n) is 14.0. The van der Waals surface area contributed by atoms with E-state index in [4.69, 9.17) is 18.9 Å². The zero-order valence-electron chi connectivity index (χ0n) is 26.7. The molecule has 3 aromatic rings. The van der Waals surface area contributed by atoms with Gasteiger partial charge in [0, 0.05) is 14.2 Å². The Morgan fingerprint density at radius 1 is 0.650 bits per heavy atom. The molecule has 0 fully saturated rings. The molecule has 0 heterocycles. The fourth-order valence-electron chi connectivity index (χ4n) is 5.03. The summed E-state index contributed by atoms with van der Waals surface area (Å²) in [6.45, 7) is 22.9. The summed E-state index contributed by atoms with van der Waals surface area (Å²) in [4.78, 5) is 0. The number of anilines is 2. The maximum atomic E-state index is 6.36. The molecule has 0 bridgehead atoms. The standard InChI is InChI=1S/C34H49NO4Si/c1-24-18-26(33(3,4)5)20-29(31(24)38-22-36-9)35(40(11,12)28-16-14-13-15-17-28)30-21-27(34(6,7)8)19-25(2)32(30)39-23-37-10/h13-21H,22-23H2,1-12H3. The molecule has 0 N–H and O–H groups in total. The molecule has 0 atom stereocenters. The molecule has 40 heavy (non-hydrogen) atoms. The van der Waals surface area contributed by atoms with Crippen LogP contribution in [-0.4, -0.2) is 36.0 Å². The molecule has 218 valence electrons. The summed E-state index contributed by atoms with van der Waals surface area (Å²) >= 11 is 0. The highest BCUT2D eigenvalue weighted by molar-refractivity contribution is 6.93. The van der Waals surface area contributed by atoms with E-state index in [-0.39, 0.29) is 24.4 Å². The molecule has 3 rings (SSSR count). The van der Waals surface area contributed by atoms with E-state index >= 15 is 0 Å². The largest absolute Gasteiger partial charge is 0.465 e. The van der Waals surface area contributed by atoms with Crippen LogP contribution >= 0.6 is 0 Å². The maximum absolute atomic E-state index is 6.36. The van der Waals surface area contributed by atoms with E-state index in [1.54, 1.807) is 14.2 Å². The Morgan fingerprint density at radius 3 is 1.40 bits per heavy atom. The monoisotopic (exact) mass is 563 g/mol. The molecule has 0 aromatic heterocycles. The SMILES string of the molecule is COCOc1c(C)cc(C(C)(C)C)cc1N(c1cc(C(C)(C)C)cc(C)c1OCOC)[Si](C)(C)c1ccccc1. The molecule has 0 spiro atoms. The van der Waals surface area contributed by atoms with Crippen molar-refractivity contribution in [1.82, 2.24) is 0 Å². The molecule has 0 aliphatic heterocycles. The molecule has 0 unspecified atom stereocenters. The lowest BCUT2D eigenvalue weighted by Crippen LogP contribution is -2.56. The van der Waals surface area contributed by atoms with Crippen LogP contribution in [0.1, 0.15) is 63.8 Å². The molecule has 6 heteroatoms. The van der Waals surface area contributed by atoms with Gasteiger partial charge in [-0.15, -0.1) is 0 Å². The second-order valence-corrected chi connectivity index (χ2v) is 17.3. The van der Waals surface area contributed by atoms with Gasteiger partial charge in [0.1, 0.15) is 11.5 Å². The number of hydrogen-bond acceptors (Lipinski definition) is 5. The lowest BCUT2D eigenvalue weighted by atomic mass is 9.85. The van der Waals surface area contributed by atoms with Crippen LogP contribution in [0.25, 0.3) is 0 Å². The minimum absolute atomic E-state index is 0.0536. The van der Waals surface area contributed by atoms with Crippen molar-refractivity contribution in [2.45, 2.75) is 79.3 Å². The van der Waals surface area contributed by atoms with E-state index in [0.717, 1.165) is 34.0 Å². The van der Waals surface area contributed by atoms with Gasteiger partial charge in [0.2, 0.25) is 0 Å². The number of methoxy groups -OCH3 is 2. The number of benzene rings is 3. The van der Waals surface area contributed by atoms with Gasteiger partial charge in [-0.3, -0.25) is 0 Å². The third-order valence-corrected chi connectivity index (χ3v) is 10.8. The normalized spacial score (nSPS) is 12.4. The molecule has 0 radical (unpaired) electrons. The summed E-state index contributed by atoms with van der Waals surface area (Å²) < 4.78 is 26.0. The third-order valence-electron chi connectivity index (χ3n) is 7.41. The fourth-order valence-corrected chi connectivity index (χ4v) is 7.83. The van der Waals surface area contributed by atoms with E-state index in [9.17, 15) is 0 Å². The van der Waals surface area contributed by atoms with Gasteiger partial charge in [0.05, 0.1) is 11.4 Å². The Morgan fingerprint density at radius 2 is 1.05 bits per heavy atom. The van der Waals surface area contributed by atoms with Gasteiger partial charge in [-0.1, -0.05) is 84.0 Å². The molecule has 0 saturated carbocycles. The molecular formula is C34H49NO4Si. The zero-order chi connectivity index (χ0) is 29.9. The summed E-state index contributed by atoms with van der Waals surface area (Å²) in [7, 11) is 0.867. The lowest BCUT2D eigenvalue weighted by molar-refractivity contribution is 0.0506. The summed E-state index contributed by atoms with van der Waals surface area (Å²) in [5.74, 6) is 1.64. The van der Waals surface area contributed by atoms with Crippen molar-refractivity contribution in [3.8, 4) is 11.5 Å². The number of nitrogens with zero attached hydrogens (tertiary/aromatic N) is 1. The predicted octanol–water partition coefficient (Wildman–Crippen LogP) is 8.11. The van der Waals surface area contributed by atoms with Gasteiger partial charge in [-0.05, 0) is 77.3 Å². The van der Waals surface area contributed by atoms with E-state index in [2.05, 4.69) is 128 Å². The van der Waals surface area contributed by atoms with Gasteiger partial charge in [-0.2, -0.15) is 0 Å². The van der Waals surface area contributed by atoms with Crippen LogP contribution in [0, 0.1) is 13.8 Å². The summed E-state index contributed by atoms with van der Waals surface area (Å²) in [5.41, 5.74) is 6.58. The van der Waals surface area contributed by atoms with Crippen LogP contribution in [0.15, 0.2) is 54.6 Å². The highest BCUT2D eigenvalue weighted by Gasteiger charge is 2.38. The van der Waals surface area contributed by atoms with Crippen LogP contribution in [0.4, 0.5) is 11.4 Å². The van der Waals surface area contributed by atoms with E-state index in [0.29, 0.717) is 0 Å². The Balaban J connectivity index is 2.52. The number of rotatable bonds is 10. The Hall–Kier alpha value is -2.80. The van der Waals surface area contributed by atoms with Crippen LogP contribution in [0.5, 0.6) is 11.5 Å². The Bertz CT molecular complexity index is 1210. The van der Waals surface area contributed by atoms with Gasteiger partial charge < -0.3 is 23.5 Å². The molecule has 3 aromatic carbocycles. The predicted molar refractivity (Wildman–Crippen MR) is 170 cm³/mol. The first kappa shape index (κ1) is 31.7. The van der Waals surface area contributed by atoms with Crippen molar-refractivity contribution in [1.29, 1.82) is 0 Å². The summed E-state index contributed by atoms with van der Waals surface area (Å²) in [5, 5.41) is 1.31. The molecular weight excluding hydrogens is 514 g/mol. The fraction of sp³-hybridized carbons (Fsp3) is 0.471. The second kappa shape index (κ2) is 12.4. The van der Waals surface area contributed by atoms with Gasteiger partial charge in [0.25, 0.3) is 0 Å². The van der Waals surface area contributed by atoms with Crippen molar-refractivity contribution < 1.29 is 18.9 Å². The lowest BCUT2D eigenvalue weighted by Gasteiger charge is -2.42. The smallest absolute Gasteiger partial charge is 0.188 e. The minimum atomic E-state index is -2.45. The van der Waals surface area contributed by atoms with Gasteiger partial charge >= 0.3 is 0 Å². The minimum Gasteiger partial charge on any atom is -0.465 e. The van der Waals surface area contributed by atoms with Crippen LogP contribution in [0.2, 0.25) is 13.1 Å². The zero-order valence-corrected chi connectivity index (χ0v) is 27.7. The van der Waals surface area contributed by atoms with E-state index < -0.39 is 8.24 Å². The maximum Gasteiger partial charge on any atom is 0.188 e. The number of ether oxygens (including phenoxy) is 4. The molecule has 0 aliphatic carbocycles. The van der Waals surface area contributed by atoms with Crippen molar-refractivity contribution in [2.75, 3.05) is 32.4 Å². The summed E-state index contributed by atoms with van der Waals surface area (Å²) in [6, 6.07) is 19.9. The third kappa shape index (κ3) is 6.91. The first-order chi connectivity index (χ1) is 18.6. The highest BCUT2D eigenvalue weighted by Crippen LogP contribution is 2.47. The molecule has 5 nitrogen and oxygen atoms in total. The Labute approximate surface area is 243 Å². The van der Waals surface area contributed by atoms with Gasteiger partial charge in [-0.25, -0.2) is 0 Å². The van der Waals surface area contributed by atoms with Crippen LogP contribution in [-0.2, 0) is 20.3 Å². The van der Waals surface area contributed by atoms with Crippen molar-refractivity contribution in [3.63, 3.8) is 0 Å². The quantitative estimate of drug-likeness (QED) is 0.184. The average Bonchev–Trinajstić information content (AvgIpc) is 2.87.